The molecule has 2 atom stereocenters. The highest BCUT2D eigenvalue weighted by Crippen LogP contribution is 2.40. The number of benzene rings is 1. The molecule has 1 fully saturated rings. The molecule has 1 aromatic rings. The molecule has 1 aliphatic heterocycles. The minimum Gasteiger partial charge on any atom is -0.502 e. The number of ether oxygens (including phenoxy) is 2. The highest BCUT2D eigenvalue weighted by Gasteiger charge is 2.24. The Morgan fingerprint density at radius 3 is 2.24 bits per heavy atom. The molecule has 0 aromatic heterocycles. The molecule has 4 heteroatoms. The molecule has 17 heavy (non-hydrogen) atoms. The fourth-order valence-electron chi connectivity index (χ4n) is 2.28. The van der Waals surface area contributed by atoms with Gasteiger partial charge in [-0.1, -0.05) is 6.92 Å². The van der Waals surface area contributed by atoms with Crippen LogP contribution in [-0.2, 0) is 0 Å². The van der Waals surface area contributed by atoms with Crippen molar-refractivity contribution in [3.63, 3.8) is 0 Å². The van der Waals surface area contributed by atoms with Gasteiger partial charge in [-0.3, -0.25) is 0 Å². The zero-order valence-corrected chi connectivity index (χ0v) is 10.5. The number of hydrogen-bond acceptors (Lipinski definition) is 4. The van der Waals surface area contributed by atoms with Crippen molar-refractivity contribution in [3.05, 3.63) is 17.7 Å². The monoisotopic (exact) mass is 237 g/mol. The Hall–Kier alpha value is -1.42. The summed E-state index contributed by atoms with van der Waals surface area (Å²) in [6.45, 7) is 3.25. The number of hydrogen-bond donors (Lipinski definition) is 2. The average molecular weight is 237 g/mol. The zero-order valence-electron chi connectivity index (χ0n) is 10.5. The Bertz CT molecular complexity index is 381. The van der Waals surface area contributed by atoms with Crippen LogP contribution in [0.15, 0.2) is 12.1 Å². The van der Waals surface area contributed by atoms with Crippen LogP contribution < -0.4 is 14.8 Å². The van der Waals surface area contributed by atoms with Crippen LogP contribution in [0.4, 0.5) is 0 Å². The lowest BCUT2D eigenvalue weighted by Crippen LogP contribution is -2.13. The van der Waals surface area contributed by atoms with Crippen LogP contribution in [-0.4, -0.2) is 25.9 Å². The van der Waals surface area contributed by atoms with Crippen LogP contribution in [0.1, 0.15) is 24.9 Å². The summed E-state index contributed by atoms with van der Waals surface area (Å²) in [4.78, 5) is 0. The molecule has 0 unspecified atom stereocenters. The number of methoxy groups -OCH3 is 2. The van der Waals surface area contributed by atoms with Gasteiger partial charge in [-0.05, 0) is 36.6 Å². The SMILES string of the molecule is COc1cc([C@@H]2C[C@@H](C)CN2)cc(OC)c1O. The van der Waals surface area contributed by atoms with Crippen LogP contribution in [0.3, 0.4) is 0 Å². The second-order valence-electron chi connectivity index (χ2n) is 4.58. The van der Waals surface area contributed by atoms with Gasteiger partial charge >= 0.3 is 0 Å². The minimum atomic E-state index is 0.0600. The van der Waals surface area contributed by atoms with Crippen LogP contribution in [0.25, 0.3) is 0 Å². The maximum Gasteiger partial charge on any atom is 0.200 e. The van der Waals surface area contributed by atoms with E-state index in [0.29, 0.717) is 23.5 Å². The maximum atomic E-state index is 9.84. The molecule has 0 radical (unpaired) electrons. The van der Waals surface area contributed by atoms with E-state index in [1.54, 1.807) is 14.2 Å². The van der Waals surface area contributed by atoms with Crippen molar-refractivity contribution >= 4 is 0 Å². The van der Waals surface area contributed by atoms with Crippen LogP contribution in [0.2, 0.25) is 0 Å². The fraction of sp³-hybridized carbons (Fsp3) is 0.538. The Labute approximate surface area is 102 Å². The van der Waals surface area contributed by atoms with Crippen molar-refractivity contribution in [2.45, 2.75) is 19.4 Å². The van der Waals surface area contributed by atoms with E-state index in [4.69, 9.17) is 9.47 Å². The lowest BCUT2D eigenvalue weighted by atomic mass is 10.0. The first kappa shape index (κ1) is 12.0. The van der Waals surface area contributed by atoms with Gasteiger partial charge in [0.05, 0.1) is 14.2 Å². The number of phenols is 1. The van der Waals surface area contributed by atoms with E-state index in [1.165, 1.54) is 0 Å². The first-order valence-electron chi connectivity index (χ1n) is 5.84. The van der Waals surface area contributed by atoms with Gasteiger partial charge in [-0.25, -0.2) is 0 Å². The summed E-state index contributed by atoms with van der Waals surface area (Å²) < 4.78 is 10.3. The number of nitrogens with one attached hydrogen (secondary N) is 1. The van der Waals surface area contributed by atoms with Crippen molar-refractivity contribution in [2.75, 3.05) is 20.8 Å². The number of phenolic OH excluding ortho intramolecular Hbond substituents is 1. The molecule has 0 spiro atoms. The summed E-state index contributed by atoms with van der Waals surface area (Å²) in [5, 5.41) is 13.3. The molecular formula is C13H19NO3. The first-order chi connectivity index (χ1) is 8.15. The minimum absolute atomic E-state index is 0.0600. The molecule has 0 saturated carbocycles. The molecule has 0 amide bonds. The molecule has 2 rings (SSSR count). The second-order valence-corrected chi connectivity index (χ2v) is 4.58. The van der Waals surface area contributed by atoms with Crippen molar-refractivity contribution in [3.8, 4) is 17.2 Å². The average Bonchev–Trinajstić information content (AvgIpc) is 2.76. The van der Waals surface area contributed by atoms with Gasteiger partial charge in [0.2, 0.25) is 5.75 Å². The third-order valence-corrected chi connectivity index (χ3v) is 3.26. The van der Waals surface area contributed by atoms with E-state index < -0.39 is 0 Å². The summed E-state index contributed by atoms with van der Waals surface area (Å²) in [6.07, 6.45) is 1.09. The zero-order chi connectivity index (χ0) is 12.4. The molecule has 4 nitrogen and oxygen atoms in total. The third-order valence-electron chi connectivity index (χ3n) is 3.26. The molecule has 1 saturated heterocycles. The van der Waals surface area contributed by atoms with E-state index in [-0.39, 0.29) is 5.75 Å². The van der Waals surface area contributed by atoms with Gasteiger partial charge in [0.25, 0.3) is 0 Å². The predicted octanol–water partition coefficient (Wildman–Crippen LogP) is 2.08. The van der Waals surface area contributed by atoms with Crippen molar-refractivity contribution in [2.24, 2.45) is 5.92 Å². The largest absolute Gasteiger partial charge is 0.502 e. The molecule has 1 aromatic carbocycles. The van der Waals surface area contributed by atoms with Crippen LogP contribution >= 0.6 is 0 Å². The smallest absolute Gasteiger partial charge is 0.200 e. The van der Waals surface area contributed by atoms with Gasteiger partial charge in [0.15, 0.2) is 11.5 Å². The van der Waals surface area contributed by atoms with Crippen molar-refractivity contribution < 1.29 is 14.6 Å². The third kappa shape index (κ3) is 2.31. The van der Waals surface area contributed by atoms with Crippen molar-refractivity contribution in [1.82, 2.24) is 5.32 Å². The van der Waals surface area contributed by atoms with E-state index in [2.05, 4.69) is 12.2 Å². The molecule has 1 aliphatic rings. The normalized spacial score (nSPS) is 23.7. The van der Waals surface area contributed by atoms with Gasteiger partial charge < -0.3 is 19.9 Å². The lowest BCUT2D eigenvalue weighted by molar-refractivity contribution is 0.338. The maximum absolute atomic E-state index is 9.84. The predicted molar refractivity (Wildman–Crippen MR) is 65.7 cm³/mol. The Morgan fingerprint density at radius 2 is 1.82 bits per heavy atom. The molecular weight excluding hydrogens is 218 g/mol. The number of rotatable bonds is 3. The summed E-state index contributed by atoms with van der Waals surface area (Å²) in [7, 11) is 3.09. The number of aromatic hydroxyl groups is 1. The molecule has 0 aliphatic carbocycles. The van der Waals surface area contributed by atoms with Gasteiger partial charge in [-0.2, -0.15) is 0 Å². The van der Waals surface area contributed by atoms with Crippen molar-refractivity contribution in [1.29, 1.82) is 0 Å². The summed E-state index contributed by atoms with van der Waals surface area (Å²) in [5.74, 6) is 1.65. The standard InChI is InChI=1S/C13H19NO3/c1-8-4-10(14-7-8)9-5-11(16-2)13(15)12(6-9)17-3/h5-6,8,10,14-15H,4,7H2,1-3H3/t8-,10+/m1/s1. The highest BCUT2D eigenvalue weighted by molar-refractivity contribution is 5.53. The summed E-state index contributed by atoms with van der Waals surface area (Å²) >= 11 is 0. The van der Waals surface area contributed by atoms with Crippen LogP contribution in [0.5, 0.6) is 17.2 Å². The first-order valence-corrected chi connectivity index (χ1v) is 5.84. The van der Waals surface area contributed by atoms with Crippen LogP contribution in [0, 0.1) is 5.92 Å². The Kier molecular flexibility index (Phi) is 3.43. The van der Waals surface area contributed by atoms with E-state index in [0.717, 1.165) is 18.5 Å². The second kappa shape index (κ2) is 4.84. The topological polar surface area (TPSA) is 50.7 Å². The quantitative estimate of drug-likeness (QED) is 0.845. The Morgan fingerprint density at radius 1 is 1.24 bits per heavy atom. The van der Waals surface area contributed by atoms with E-state index >= 15 is 0 Å². The summed E-state index contributed by atoms with van der Waals surface area (Å²) in [6, 6.07) is 4.05. The Balaban J connectivity index is 2.34. The molecule has 94 valence electrons. The van der Waals surface area contributed by atoms with Gasteiger partial charge in [0, 0.05) is 6.04 Å². The molecule has 0 bridgehead atoms. The molecule has 1 heterocycles. The van der Waals surface area contributed by atoms with Gasteiger partial charge in [0.1, 0.15) is 0 Å². The van der Waals surface area contributed by atoms with Gasteiger partial charge in [-0.15, -0.1) is 0 Å². The lowest BCUT2D eigenvalue weighted by Gasteiger charge is -2.15. The van der Waals surface area contributed by atoms with E-state index in [1.807, 2.05) is 12.1 Å². The highest BCUT2D eigenvalue weighted by atomic mass is 16.5. The summed E-state index contributed by atoms with van der Waals surface area (Å²) in [5.41, 5.74) is 1.10. The fourth-order valence-corrected chi connectivity index (χ4v) is 2.28. The van der Waals surface area contributed by atoms with E-state index in [9.17, 15) is 5.11 Å². The molecule has 2 N–H and O–H groups in total.